The predicted molar refractivity (Wildman–Crippen MR) is 65.2 cm³/mol. The molecule has 5 heteroatoms. The van der Waals surface area contributed by atoms with Crippen LogP contribution >= 0.6 is 0 Å². The van der Waals surface area contributed by atoms with Crippen molar-refractivity contribution in [2.75, 3.05) is 5.73 Å². The maximum absolute atomic E-state index is 10.2. The van der Waals surface area contributed by atoms with E-state index in [-0.39, 0.29) is 5.92 Å². The highest BCUT2D eigenvalue weighted by Crippen LogP contribution is 2.29. The van der Waals surface area contributed by atoms with E-state index in [1.165, 1.54) is 0 Å². The van der Waals surface area contributed by atoms with E-state index in [0.717, 1.165) is 5.56 Å². The first kappa shape index (κ1) is 11.6. The molecule has 90 valence electrons. The van der Waals surface area contributed by atoms with Crippen LogP contribution in [0.5, 0.6) is 0 Å². The SMILES string of the molecule is CC(c1cccc(N)c1)C(O)c1nncn1C. The van der Waals surface area contributed by atoms with Gasteiger partial charge in [0.2, 0.25) is 0 Å². The van der Waals surface area contributed by atoms with E-state index in [4.69, 9.17) is 5.73 Å². The van der Waals surface area contributed by atoms with Gasteiger partial charge in [0.05, 0.1) is 0 Å². The average molecular weight is 232 g/mol. The van der Waals surface area contributed by atoms with Crippen LogP contribution in [0.2, 0.25) is 0 Å². The summed E-state index contributed by atoms with van der Waals surface area (Å²) in [6, 6.07) is 7.51. The van der Waals surface area contributed by atoms with E-state index < -0.39 is 6.10 Å². The van der Waals surface area contributed by atoms with Gasteiger partial charge in [-0.3, -0.25) is 0 Å². The first-order chi connectivity index (χ1) is 8.09. The molecule has 0 saturated carbocycles. The number of nitrogens with two attached hydrogens (primary N) is 1. The molecule has 0 radical (unpaired) electrons. The Morgan fingerprint density at radius 1 is 1.41 bits per heavy atom. The summed E-state index contributed by atoms with van der Waals surface area (Å²) in [5.74, 6) is 0.473. The van der Waals surface area contributed by atoms with Gasteiger partial charge in [-0.1, -0.05) is 19.1 Å². The summed E-state index contributed by atoms with van der Waals surface area (Å²) in [7, 11) is 1.81. The Morgan fingerprint density at radius 2 is 2.18 bits per heavy atom. The first-order valence-electron chi connectivity index (χ1n) is 5.47. The summed E-state index contributed by atoms with van der Waals surface area (Å²) < 4.78 is 1.72. The van der Waals surface area contributed by atoms with Crippen molar-refractivity contribution in [2.45, 2.75) is 18.9 Å². The summed E-state index contributed by atoms with van der Waals surface area (Å²) in [4.78, 5) is 0. The van der Waals surface area contributed by atoms with Gasteiger partial charge in [-0.2, -0.15) is 0 Å². The number of hydrogen-bond acceptors (Lipinski definition) is 4. The van der Waals surface area contributed by atoms with E-state index in [0.29, 0.717) is 11.5 Å². The molecule has 3 N–H and O–H groups in total. The lowest BCUT2D eigenvalue weighted by atomic mass is 9.94. The number of aromatic nitrogens is 3. The molecule has 5 nitrogen and oxygen atoms in total. The van der Waals surface area contributed by atoms with Crippen LogP contribution in [0, 0.1) is 0 Å². The van der Waals surface area contributed by atoms with Crippen molar-refractivity contribution in [2.24, 2.45) is 7.05 Å². The van der Waals surface area contributed by atoms with E-state index in [2.05, 4.69) is 10.2 Å². The third-order valence-electron chi connectivity index (χ3n) is 2.92. The Morgan fingerprint density at radius 3 is 2.76 bits per heavy atom. The summed E-state index contributed by atoms with van der Waals surface area (Å²) in [5.41, 5.74) is 7.41. The number of aliphatic hydroxyl groups is 1. The Bertz CT molecular complexity index is 509. The molecule has 1 aromatic carbocycles. The molecule has 0 aliphatic heterocycles. The molecular weight excluding hydrogens is 216 g/mol. The fourth-order valence-electron chi connectivity index (χ4n) is 1.81. The highest BCUT2D eigenvalue weighted by atomic mass is 16.3. The second-order valence-corrected chi connectivity index (χ2v) is 4.20. The van der Waals surface area contributed by atoms with Crippen molar-refractivity contribution in [1.29, 1.82) is 0 Å². The zero-order valence-electron chi connectivity index (χ0n) is 9.91. The molecule has 0 aliphatic rings. The molecule has 1 heterocycles. The fraction of sp³-hybridized carbons (Fsp3) is 0.333. The van der Waals surface area contributed by atoms with Crippen molar-refractivity contribution < 1.29 is 5.11 Å². The molecule has 0 fully saturated rings. The lowest BCUT2D eigenvalue weighted by Gasteiger charge is -2.18. The number of aliphatic hydroxyl groups excluding tert-OH is 1. The summed E-state index contributed by atoms with van der Waals surface area (Å²) in [6.45, 7) is 1.94. The van der Waals surface area contributed by atoms with E-state index >= 15 is 0 Å². The van der Waals surface area contributed by atoms with Gasteiger partial charge in [-0.15, -0.1) is 10.2 Å². The number of nitrogens with zero attached hydrogens (tertiary/aromatic N) is 3. The van der Waals surface area contributed by atoms with Crippen LogP contribution < -0.4 is 5.73 Å². The standard InChI is InChI=1S/C12H16N4O/c1-8(9-4-3-5-10(13)6-9)11(17)12-15-14-7-16(12)2/h3-8,11,17H,13H2,1-2H3. The Balaban J connectivity index is 2.26. The third-order valence-corrected chi connectivity index (χ3v) is 2.92. The number of rotatable bonds is 3. The molecule has 0 aliphatic carbocycles. The minimum absolute atomic E-state index is 0.0820. The summed E-state index contributed by atoms with van der Waals surface area (Å²) >= 11 is 0. The number of hydrogen-bond donors (Lipinski definition) is 2. The van der Waals surface area contributed by atoms with Gasteiger partial charge in [0, 0.05) is 18.7 Å². The second-order valence-electron chi connectivity index (χ2n) is 4.20. The molecule has 0 bridgehead atoms. The van der Waals surface area contributed by atoms with Crippen molar-refractivity contribution in [3.63, 3.8) is 0 Å². The Kier molecular flexibility index (Phi) is 3.10. The van der Waals surface area contributed by atoms with Gasteiger partial charge in [0.25, 0.3) is 0 Å². The summed E-state index contributed by atoms with van der Waals surface area (Å²) in [5, 5.41) is 17.9. The van der Waals surface area contributed by atoms with Crippen molar-refractivity contribution in [1.82, 2.24) is 14.8 Å². The molecule has 0 saturated heterocycles. The zero-order chi connectivity index (χ0) is 12.4. The van der Waals surface area contributed by atoms with Gasteiger partial charge < -0.3 is 15.4 Å². The van der Waals surface area contributed by atoms with Gasteiger partial charge in [-0.25, -0.2) is 0 Å². The van der Waals surface area contributed by atoms with Crippen LogP contribution in [-0.4, -0.2) is 19.9 Å². The first-order valence-corrected chi connectivity index (χ1v) is 5.47. The van der Waals surface area contributed by atoms with Crippen LogP contribution in [-0.2, 0) is 7.05 Å². The highest BCUT2D eigenvalue weighted by molar-refractivity contribution is 5.42. The maximum atomic E-state index is 10.2. The smallest absolute Gasteiger partial charge is 0.162 e. The highest BCUT2D eigenvalue weighted by Gasteiger charge is 2.22. The van der Waals surface area contributed by atoms with E-state index in [1.54, 1.807) is 10.9 Å². The minimum atomic E-state index is -0.690. The third kappa shape index (κ3) is 2.29. The minimum Gasteiger partial charge on any atom is -0.399 e. The largest absolute Gasteiger partial charge is 0.399 e. The van der Waals surface area contributed by atoms with Gasteiger partial charge in [0.15, 0.2) is 5.82 Å². The van der Waals surface area contributed by atoms with Crippen molar-refractivity contribution in [3.8, 4) is 0 Å². The van der Waals surface area contributed by atoms with E-state index in [1.807, 2.05) is 38.2 Å². The molecule has 1 aromatic heterocycles. The van der Waals surface area contributed by atoms with E-state index in [9.17, 15) is 5.11 Å². The van der Waals surface area contributed by atoms with Crippen LogP contribution in [0.15, 0.2) is 30.6 Å². The summed E-state index contributed by atoms with van der Waals surface area (Å²) in [6.07, 6.45) is 0.884. The lowest BCUT2D eigenvalue weighted by molar-refractivity contribution is 0.138. The fourth-order valence-corrected chi connectivity index (χ4v) is 1.81. The van der Waals surface area contributed by atoms with Crippen LogP contribution in [0.25, 0.3) is 0 Å². The van der Waals surface area contributed by atoms with Crippen LogP contribution in [0.1, 0.15) is 30.3 Å². The van der Waals surface area contributed by atoms with Gasteiger partial charge in [-0.05, 0) is 17.7 Å². The average Bonchev–Trinajstić information content (AvgIpc) is 2.73. The van der Waals surface area contributed by atoms with Crippen LogP contribution in [0.3, 0.4) is 0 Å². The predicted octanol–water partition coefficient (Wildman–Crippen LogP) is 1.23. The van der Waals surface area contributed by atoms with Gasteiger partial charge >= 0.3 is 0 Å². The lowest BCUT2D eigenvalue weighted by Crippen LogP contribution is -2.12. The molecule has 2 unspecified atom stereocenters. The number of anilines is 1. The Labute approximate surface area is 99.9 Å². The molecule has 2 rings (SSSR count). The van der Waals surface area contributed by atoms with Crippen LogP contribution in [0.4, 0.5) is 5.69 Å². The quantitative estimate of drug-likeness (QED) is 0.780. The number of aryl methyl sites for hydroxylation is 1. The molecular formula is C12H16N4O. The normalized spacial score (nSPS) is 14.5. The number of benzene rings is 1. The number of nitrogen functional groups attached to an aromatic ring is 1. The molecule has 0 spiro atoms. The second kappa shape index (κ2) is 4.55. The maximum Gasteiger partial charge on any atom is 0.162 e. The Hall–Kier alpha value is -1.88. The molecule has 0 amide bonds. The molecule has 2 aromatic rings. The van der Waals surface area contributed by atoms with Crippen molar-refractivity contribution >= 4 is 5.69 Å². The molecule has 2 atom stereocenters. The van der Waals surface area contributed by atoms with Gasteiger partial charge in [0.1, 0.15) is 12.4 Å². The van der Waals surface area contributed by atoms with Crippen molar-refractivity contribution in [3.05, 3.63) is 42.0 Å². The zero-order valence-corrected chi connectivity index (χ0v) is 9.91. The topological polar surface area (TPSA) is 77.0 Å². The monoisotopic (exact) mass is 232 g/mol. The molecule has 17 heavy (non-hydrogen) atoms.